The molecular formula is C19H12F2N2O2S. The predicted octanol–water partition coefficient (Wildman–Crippen LogP) is 3.54. The van der Waals surface area contributed by atoms with Gasteiger partial charge < -0.3 is 0 Å². The molecule has 0 saturated carbocycles. The summed E-state index contributed by atoms with van der Waals surface area (Å²) in [6.07, 6.45) is 0. The third-order valence-corrected chi connectivity index (χ3v) is 4.94. The maximum absolute atomic E-state index is 13.6. The first kappa shape index (κ1) is 16.4. The smallest absolute Gasteiger partial charge is 0.288 e. The predicted molar refractivity (Wildman–Crippen MR) is 97.1 cm³/mol. The van der Waals surface area contributed by atoms with E-state index in [1.807, 2.05) is 0 Å². The highest BCUT2D eigenvalue weighted by Gasteiger charge is 2.16. The number of fused-ring (bicyclic) bond motifs is 1. The standard InChI is InChI=1S/C19H12F2N2O2S/c20-13-4-1-3-12(9-13)11-22-16-7-8-26-17(16)18(24)23(19(22)25)15-6-2-5-14(21)10-15/h1-10H,11H2. The summed E-state index contributed by atoms with van der Waals surface area (Å²) < 4.78 is 29.8. The van der Waals surface area contributed by atoms with Gasteiger partial charge in [0.15, 0.2) is 0 Å². The van der Waals surface area contributed by atoms with E-state index in [1.165, 1.54) is 46.2 Å². The lowest BCUT2D eigenvalue weighted by molar-refractivity contribution is 0.620. The summed E-state index contributed by atoms with van der Waals surface area (Å²) >= 11 is 1.20. The normalized spacial score (nSPS) is 11.2. The minimum atomic E-state index is -0.601. The van der Waals surface area contributed by atoms with Crippen molar-refractivity contribution in [2.45, 2.75) is 6.54 Å². The zero-order valence-electron chi connectivity index (χ0n) is 13.4. The van der Waals surface area contributed by atoms with E-state index in [0.29, 0.717) is 15.8 Å². The largest absolute Gasteiger partial charge is 0.336 e. The van der Waals surface area contributed by atoms with Crippen LogP contribution in [0.4, 0.5) is 8.78 Å². The van der Waals surface area contributed by atoms with Gasteiger partial charge in [0.05, 0.1) is 17.7 Å². The van der Waals surface area contributed by atoms with Gasteiger partial charge >= 0.3 is 5.69 Å². The third kappa shape index (κ3) is 2.76. The summed E-state index contributed by atoms with van der Waals surface area (Å²) in [5.74, 6) is -0.952. The summed E-state index contributed by atoms with van der Waals surface area (Å²) in [7, 11) is 0. The Hall–Kier alpha value is -3.06. The lowest BCUT2D eigenvalue weighted by atomic mass is 10.2. The van der Waals surface area contributed by atoms with Crippen molar-refractivity contribution in [1.29, 1.82) is 0 Å². The van der Waals surface area contributed by atoms with Crippen LogP contribution in [-0.4, -0.2) is 9.13 Å². The monoisotopic (exact) mass is 370 g/mol. The van der Waals surface area contributed by atoms with Gasteiger partial charge in [0.1, 0.15) is 16.3 Å². The van der Waals surface area contributed by atoms with Gasteiger partial charge in [-0.1, -0.05) is 18.2 Å². The molecule has 4 nitrogen and oxygen atoms in total. The number of nitrogens with zero attached hydrogens (tertiary/aromatic N) is 2. The van der Waals surface area contributed by atoms with E-state index in [9.17, 15) is 18.4 Å². The maximum Gasteiger partial charge on any atom is 0.336 e. The molecule has 0 aliphatic carbocycles. The zero-order valence-corrected chi connectivity index (χ0v) is 14.2. The molecule has 4 rings (SSSR count). The number of hydrogen-bond acceptors (Lipinski definition) is 3. The van der Waals surface area contributed by atoms with Crippen LogP contribution in [0.2, 0.25) is 0 Å². The van der Waals surface area contributed by atoms with Crippen molar-refractivity contribution in [1.82, 2.24) is 9.13 Å². The Kier molecular flexibility index (Phi) is 4.00. The Morgan fingerprint density at radius 2 is 1.65 bits per heavy atom. The Morgan fingerprint density at radius 1 is 0.923 bits per heavy atom. The number of hydrogen-bond donors (Lipinski definition) is 0. The molecular weight excluding hydrogens is 358 g/mol. The molecule has 4 aromatic rings. The summed E-state index contributed by atoms with van der Waals surface area (Å²) in [6.45, 7) is 0.0966. The molecule has 130 valence electrons. The minimum absolute atomic E-state index is 0.0966. The topological polar surface area (TPSA) is 44.0 Å². The van der Waals surface area contributed by atoms with E-state index in [1.54, 1.807) is 23.6 Å². The molecule has 26 heavy (non-hydrogen) atoms. The molecule has 0 fully saturated rings. The molecule has 2 heterocycles. The second kappa shape index (κ2) is 6.34. The quantitative estimate of drug-likeness (QED) is 0.554. The van der Waals surface area contributed by atoms with Crippen LogP contribution < -0.4 is 11.2 Å². The first-order valence-electron chi connectivity index (χ1n) is 7.78. The third-order valence-electron chi connectivity index (χ3n) is 4.05. The number of thiophene rings is 1. The average Bonchev–Trinajstić information content (AvgIpc) is 3.09. The minimum Gasteiger partial charge on any atom is -0.288 e. The molecule has 0 radical (unpaired) electrons. The molecule has 0 bridgehead atoms. The molecule has 2 aromatic heterocycles. The molecule has 2 aromatic carbocycles. The molecule has 7 heteroatoms. The van der Waals surface area contributed by atoms with Crippen LogP contribution in [0.25, 0.3) is 15.9 Å². The fourth-order valence-electron chi connectivity index (χ4n) is 2.90. The summed E-state index contributed by atoms with van der Waals surface area (Å²) in [5.41, 5.74) is 0.117. The van der Waals surface area contributed by atoms with Crippen LogP contribution in [0.15, 0.2) is 69.6 Å². The average molecular weight is 370 g/mol. The van der Waals surface area contributed by atoms with E-state index in [4.69, 9.17) is 0 Å². The lowest BCUT2D eigenvalue weighted by Crippen LogP contribution is -2.38. The van der Waals surface area contributed by atoms with Gasteiger partial charge in [-0.2, -0.15) is 0 Å². The summed E-state index contributed by atoms with van der Waals surface area (Å²) in [4.78, 5) is 25.8. The van der Waals surface area contributed by atoms with Crippen molar-refractivity contribution in [2.75, 3.05) is 0 Å². The van der Waals surface area contributed by atoms with E-state index in [-0.39, 0.29) is 12.2 Å². The van der Waals surface area contributed by atoms with Gasteiger partial charge in [0.25, 0.3) is 5.56 Å². The van der Waals surface area contributed by atoms with Gasteiger partial charge in [-0.05, 0) is 47.3 Å². The van der Waals surface area contributed by atoms with Crippen LogP contribution in [0.1, 0.15) is 5.56 Å². The number of rotatable bonds is 3. The Labute approximate surface area is 150 Å². The molecule has 0 aliphatic rings. The van der Waals surface area contributed by atoms with Crippen LogP contribution in [0, 0.1) is 11.6 Å². The van der Waals surface area contributed by atoms with E-state index in [2.05, 4.69) is 0 Å². The number of halogens is 2. The first-order chi connectivity index (χ1) is 12.5. The van der Waals surface area contributed by atoms with Crippen molar-refractivity contribution < 1.29 is 8.78 Å². The van der Waals surface area contributed by atoms with Crippen molar-refractivity contribution >= 4 is 21.6 Å². The highest BCUT2D eigenvalue weighted by atomic mass is 32.1. The van der Waals surface area contributed by atoms with E-state index >= 15 is 0 Å². The van der Waals surface area contributed by atoms with Gasteiger partial charge in [-0.25, -0.2) is 18.1 Å². The lowest BCUT2D eigenvalue weighted by Gasteiger charge is -2.12. The van der Waals surface area contributed by atoms with E-state index < -0.39 is 22.9 Å². The van der Waals surface area contributed by atoms with Crippen molar-refractivity contribution in [3.8, 4) is 5.69 Å². The van der Waals surface area contributed by atoms with Crippen LogP contribution in [-0.2, 0) is 6.54 Å². The van der Waals surface area contributed by atoms with Gasteiger partial charge in [0.2, 0.25) is 0 Å². The van der Waals surface area contributed by atoms with Crippen molar-refractivity contribution in [2.24, 2.45) is 0 Å². The highest BCUT2D eigenvalue weighted by Crippen LogP contribution is 2.18. The summed E-state index contributed by atoms with van der Waals surface area (Å²) in [6, 6.07) is 12.9. The second-order valence-electron chi connectivity index (χ2n) is 5.75. The van der Waals surface area contributed by atoms with Gasteiger partial charge in [-0.15, -0.1) is 11.3 Å². The van der Waals surface area contributed by atoms with Crippen molar-refractivity contribution in [3.63, 3.8) is 0 Å². The maximum atomic E-state index is 13.6. The number of benzene rings is 2. The molecule has 0 atom stereocenters. The van der Waals surface area contributed by atoms with Crippen LogP contribution in [0.5, 0.6) is 0 Å². The number of aromatic nitrogens is 2. The Balaban J connectivity index is 2.00. The molecule has 0 aliphatic heterocycles. The first-order valence-corrected chi connectivity index (χ1v) is 8.66. The fraction of sp³-hybridized carbons (Fsp3) is 0.0526. The molecule has 0 spiro atoms. The van der Waals surface area contributed by atoms with Crippen LogP contribution in [0.3, 0.4) is 0 Å². The second-order valence-corrected chi connectivity index (χ2v) is 6.67. The summed E-state index contributed by atoms with van der Waals surface area (Å²) in [5, 5.41) is 1.71. The molecule has 0 N–H and O–H groups in total. The van der Waals surface area contributed by atoms with Gasteiger partial charge in [0, 0.05) is 0 Å². The zero-order chi connectivity index (χ0) is 18.3. The highest BCUT2D eigenvalue weighted by molar-refractivity contribution is 7.17. The fourth-order valence-corrected chi connectivity index (χ4v) is 3.72. The van der Waals surface area contributed by atoms with E-state index in [0.717, 1.165) is 10.6 Å². The SMILES string of the molecule is O=c1c2sccc2n(Cc2cccc(F)c2)c(=O)n1-c1cccc(F)c1. The molecule has 0 amide bonds. The molecule has 0 unspecified atom stereocenters. The molecule has 0 saturated heterocycles. The van der Waals surface area contributed by atoms with Crippen molar-refractivity contribution in [3.05, 3.63) is 98.0 Å². The van der Waals surface area contributed by atoms with Gasteiger partial charge in [-0.3, -0.25) is 9.36 Å². The van der Waals surface area contributed by atoms with Crippen LogP contribution >= 0.6 is 11.3 Å². The Morgan fingerprint density at radius 3 is 2.38 bits per heavy atom. The Bertz CT molecular complexity index is 1240.